The summed E-state index contributed by atoms with van der Waals surface area (Å²) in [6.45, 7) is -0.407. The second kappa shape index (κ2) is 3.96. The van der Waals surface area contributed by atoms with Gasteiger partial charge in [-0.25, -0.2) is 0 Å². The first-order valence-electron chi connectivity index (χ1n) is 2.97. The fourth-order valence-electron chi connectivity index (χ4n) is 0.880. The van der Waals surface area contributed by atoms with E-state index in [2.05, 4.69) is 4.74 Å². The van der Waals surface area contributed by atoms with Crippen molar-refractivity contribution < 1.29 is 30.6 Å². The average Bonchev–Trinajstić information content (AvgIpc) is 2.17. The van der Waals surface area contributed by atoms with E-state index in [1.54, 1.807) is 0 Å². The van der Waals surface area contributed by atoms with Crippen molar-refractivity contribution in [2.24, 2.45) is 0 Å². The highest BCUT2D eigenvalue weighted by atomic mass is 16.6. The number of aliphatic hydroxyl groups is 4. The highest BCUT2D eigenvalue weighted by Gasteiger charge is 2.41. The predicted octanol–water partition coefficient (Wildman–Crippen LogP) is -3.41. The van der Waals surface area contributed by atoms with Crippen LogP contribution in [0.5, 0.6) is 0 Å². The summed E-state index contributed by atoms with van der Waals surface area (Å²) in [6, 6.07) is 0. The van der Waals surface area contributed by atoms with Gasteiger partial charge in [0.05, 0.1) is 6.61 Å². The average molecular weight is 168 g/mol. The lowest BCUT2D eigenvalue weighted by Gasteiger charge is -2.09. The van der Waals surface area contributed by atoms with Gasteiger partial charge >= 0.3 is 0 Å². The maximum atomic E-state index is 8.93. The molecule has 1 fully saturated rings. The number of rotatable bonds is 1. The van der Waals surface area contributed by atoms with Crippen LogP contribution in [0.2, 0.25) is 0 Å². The van der Waals surface area contributed by atoms with E-state index in [0.717, 1.165) is 0 Å². The normalized spacial score (nSPS) is 43.6. The quantitative estimate of drug-likeness (QED) is 0.325. The van der Waals surface area contributed by atoms with Crippen molar-refractivity contribution >= 4 is 0 Å². The van der Waals surface area contributed by atoms with Crippen molar-refractivity contribution in [2.75, 3.05) is 6.61 Å². The van der Waals surface area contributed by atoms with Crippen LogP contribution in [0.3, 0.4) is 0 Å². The van der Waals surface area contributed by atoms with Crippen molar-refractivity contribution in [1.29, 1.82) is 0 Å². The van der Waals surface area contributed by atoms with E-state index in [0.29, 0.717) is 0 Å². The molecular weight excluding hydrogens is 156 g/mol. The first kappa shape index (κ1) is 10.8. The number of hydrogen-bond acceptors (Lipinski definition) is 5. The molecule has 68 valence electrons. The molecule has 0 aromatic heterocycles. The molecule has 1 heterocycles. The van der Waals surface area contributed by atoms with E-state index < -0.39 is 31.2 Å². The molecule has 1 aliphatic heterocycles. The van der Waals surface area contributed by atoms with Crippen LogP contribution < -0.4 is 0 Å². The van der Waals surface area contributed by atoms with E-state index in [9.17, 15) is 0 Å². The molecule has 0 saturated carbocycles. The zero-order valence-electron chi connectivity index (χ0n) is 5.71. The third-order valence-corrected chi connectivity index (χ3v) is 1.52. The fourth-order valence-corrected chi connectivity index (χ4v) is 0.880. The van der Waals surface area contributed by atoms with Gasteiger partial charge in [0.2, 0.25) is 0 Å². The highest BCUT2D eigenvalue weighted by Crippen LogP contribution is 2.18. The van der Waals surface area contributed by atoms with E-state index in [-0.39, 0.29) is 5.48 Å². The minimum absolute atomic E-state index is 0. The van der Waals surface area contributed by atoms with Gasteiger partial charge in [-0.05, 0) is 0 Å². The summed E-state index contributed by atoms with van der Waals surface area (Å²) in [6.07, 6.45) is -4.76. The van der Waals surface area contributed by atoms with Gasteiger partial charge in [0.25, 0.3) is 0 Å². The minimum atomic E-state index is -1.38. The molecule has 11 heavy (non-hydrogen) atoms. The summed E-state index contributed by atoms with van der Waals surface area (Å²) in [5.74, 6) is 0. The Bertz CT molecular complexity index is 118. The van der Waals surface area contributed by atoms with Gasteiger partial charge in [0.1, 0.15) is 18.3 Å². The van der Waals surface area contributed by atoms with Crippen LogP contribution in [-0.4, -0.2) is 57.1 Å². The Balaban J connectivity index is 0.000001000. The summed E-state index contributed by atoms with van der Waals surface area (Å²) >= 11 is 0. The zero-order chi connectivity index (χ0) is 7.72. The summed E-state index contributed by atoms with van der Waals surface area (Å²) in [7, 11) is 0. The Morgan fingerprint density at radius 3 is 1.82 bits per heavy atom. The molecule has 0 aromatic rings. The molecular formula is C5H12O6. The summed E-state index contributed by atoms with van der Waals surface area (Å²) in [4.78, 5) is 0. The maximum absolute atomic E-state index is 8.93. The second-order valence-electron chi connectivity index (χ2n) is 2.23. The zero-order valence-corrected chi connectivity index (χ0v) is 5.71. The Morgan fingerprint density at radius 1 is 1.09 bits per heavy atom. The highest BCUT2D eigenvalue weighted by molar-refractivity contribution is 4.84. The molecule has 6 nitrogen and oxygen atoms in total. The van der Waals surface area contributed by atoms with Crippen LogP contribution in [0.1, 0.15) is 0 Å². The molecule has 0 amide bonds. The molecule has 1 saturated heterocycles. The monoisotopic (exact) mass is 168 g/mol. The molecule has 0 spiro atoms. The predicted molar refractivity (Wildman–Crippen MR) is 33.6 cm³/mol. The SMILES string of the molecule is O.OC[C@H]1O[C@@H](O)[C@H](O)[C@H]1O. The lowest BCUT2D eigenvalue weighted by Crippen LogP contribution is -2.33. The maximum Gasteiger partial charge on any atom is 0.184 e. The van der Waals surface area contributed by atoms with Crippen molar-refractivity contribution in [3.8, 4) is 0 Å². The first-order valence-corrected chi connectivity index (χ1v) is 2.97. The molecule has 0 aliphatic carbocycles. The summed E-state index contributed by atoms with van der Waals surface area (Å²) in [5.41, 5.74) is 0. The molecule has 0 bridgehead atoms. The minimum Gasteiger partial charge on any atom is -0.412 e. The molecule has 1 rings (SSSR count). The Labute approximate surface area is 63.0 Å². The van der Waals surface area contributed by atoms with Crippen molar-refractivity contribution in [3.63, 3.8) is 0 Å². The number of aliphatic hydroxyl groups excluding tert-OH is 4. The lowest BCUT2D eigenvalue weighted by molar-refractivity contribution is -0.132. The molecule has 0 unspecified atom stereocenters. The van der Waals surface area contributed by atoms with Crippen LogP contribution in [-0.2, 0) is 4.74 Å². The Hall–Kier alpha value is -0.240. The van der Waals surface area contributed by atoms with Gasteiger partial charge in [-0.3, -0.25) is 0 Å². The lowest BCUT2D eigenvalue weighted by atomic mass is 10.1. The van der Waals surface area contributed by atoms with E-state index in [1.165, 1.54) is 0 Å². The smallest absolute Gasteiger partial charge is 0.184 e. The van der Waals surface area contributed by atoms with Gasteiger partial charge in [-0.2, -0.15) is 0 Å². The number of hydrogen-bond donors (Lipinski definition) is 4. The fraction of sp³-hybridized carbons (Fsp3) is 1.00. The van der Waals surface area contributed by atoms with Crippen LogP contribution >= 0.6 is 0 Å². The topological polar surface area (TPSA) is 122 Å². The van der Waals surface area contributed by atoms with Gasteiger partial charge in [-0.15, -0.1) is 0 Å². The van der Waals surface area contributed by atoms with E-state index >= 15 is 0 Å². The molecule has 4 atom stereocenters. The molecule has 0 radical (unpaired) electrons. The van der Waals surface area contributed by atoms with Crippen LogP contribution in [0.15, 0.2) is 0 Å². The second-order valence-corrected chi connectivity index (χ2v) is 2.23. The first-order chi connectivity index (χ1) is 4.66. The van der Waals surface area contributed by atoms with Crippen molar-refractivity contribution in [2.45, 2.75) is 24.6 Å². The third kappa shape index (κ3) is 1.86. The largest absolute Gasteiger partial charge is 0.412 e. The number of ether oxygens (including phenoxy) is 1. The van der Waals surface area contributed by atoms with E-state index in [1.807, 2.05) is 0 Å². The summed E-state index contributed by atoms with van der Waals surface area (Å²) in [5, 5.41) is 35.0. The van der Waals surface area contributed by atoms with Crippen molar-refractivity contribution in [3.05, 3.63) is 0 Å². The summed E-state index contributed by atoms with van der Waals surface area (Å²) < 4.78 is 4.54. The Morgan fingerprint density at radius 2 is 1.64 bits per heavy atom. The van der Waals surface area contributed by atoms with E-state index in [4.69, 9.17) is 20.4 Å². The van der Waals surface area contributed by atoms with Crippen LogP contribution in [0.25, 0.3) is 0 Å². The van der Waals surface area contributed by atoms with Crippen LogP contribution in [0, 0.1) is 0 Å². The van der Waals surface area contributed by atoms with Gasteiger partial charge < -0.3 is 30.6 Å². The molecule has 6 heteroatoms. The third-order valence-electron chi connectivity index (χ3n) is 1.52. The van der Waals surface area contributed by atoms with Crippen molar-refractivity contribution in [1.82, 2.24) is 0 Å². The molecule has 6 N–H and O–H groups in total. The van der Waals surface area contributed by atoms with Gasteiger partial charge in [0.15, 0.2) is 6.29 Å². The molecule has 0 aromatic carbocycles. The Kier molecular flexibility index (Phi) is 3.87. The molecule has 1 aliphatic rings. The van der Waals surface area contributed by atoms with Crippen LogP contribution in [0.4, 0.5) is 0 Å². The standard InChI is InChI=1S/C5H10O5.H2O/c6-1-2-3(7)4(8)5(9)10-2;/h2-9H,1H2;1H2/t2-,3+,4-,5-;/m1./s1. The van der Waals surface area contributed by atoms with Gasteiger partial charge in [0, 0.05) is 0 Å². The van der Waals surface area contributed by atoms with Gasteiger partial charge in [-0.1, -0.05) is 0 Å².